The summed E-state index contributed by atoms with van der Waals surface area (Å²) in [4.78, 5) is 18.0. The number of carbonyl (C=O) groups excluding carboxylic acids is 1. The number of guanidine groups is 1. The van der Waals surface area contributed by atoms with E-state index in [4.69, 9.17) is 0 Å². The van der Waals surface area contributed by atoms with Crippen LogP contribution in [-0.4, -0.2) is 37.4 Å². The van der Waals surface area contributed by atoms with Gasteiger partial charge >= 0.3 is 6.18 Å². The van der Waals surface area contributed by atoms with E-state index in [0.29, 0.717) is 31.2 Å². The molecule has 2 N–H and O–H groups in total. The SMILES string of the molecule is CCNC(=O)c1cccc(CNC(=NC)N(C)Cc2ccc(C(F)(F)F)cc2)c1. The van der Waals surface area contributed by atoms with Gasteiger partial charge in [0.05, 0.1) is 5.56 Å². The fraction of sp³-hybridized carbons (Fsp3) is 0.333. The lowest BCUT2D eigenvalue weighted by atomic mass is 10.1. The van der Waals surface area contributed by atoms with E-state index in [1.54, 1.807) is 26.2 Å². The van der Waals surface area contributed by atoms with E-state index in [1.165, 1.54) is 12.1 Å². The number of halogens is 3. The zero-order chi connectivity index (χ0) is 21.4. The summed E-state index contributed by atoms with van der Waals surface area (Å²) in [6.45, 7) is 3.27. The number of rotatable bonds is 6. The Morgan fingerprint density at radius 2 is 1.76 bits per heavy atom. The van der Waals surface area contributed by atoms with Crippen LogP contribution in [0.5, 0.6) is 0 Å². The van der Waals surface area contributed by atoms with Crippen LogP contribution in [-0.2, 0) is 19.3 Å². The summed E-state index contributed by atoms with van der Waals surface area (Å²) in [7, 11) is 3.44. The lowest BCUT2D eigenvalue weighted by Gasteiger charge is -2.22. The molecule has 0 aliphatic rings. The van der Waals surface area contributed by atoms with Crippen molar-refractivity contribution in [2.45, 2.75) is 26.2 Å². The van der Waals surface area contributed by atoms with Gasteiger partial charge < -0.3 is 15.5 Å². The van der Waals surface area contributed by atoms with Gasteiger partial charge in [-0.2, -0.15) is 13.2 Å². The molecule has 8 heteroatoms. The largest absolute Gasteiger partial charge is 0.416 e. The molecule has 2 aromatic rings. The van der Waals surface area contributed by atoms with Gasteiger partial charge in [0.15, 0.2) is 5.96 Å². The van der Waals surface area contributed by atoms with Crippen LogP contribution in [0.25, 0.3) is 0 Å². The van der Waals surface area contributed by atoms with Gasteiger partial charge in [-0.05, 0) is 42.3 Å². The first-order valence-electron chi connectivity index (χ1n) is 9.19. The lowest BCUT2D eigenvalue weighted by molar-refractivity contribution is -0.137. The minimum atomic E-state index is -4.34. The van der Waals surface area contributed by atoms with E-state index in [2.05, 4.69) is 15.6 Å². The lowest BCUT2D eigenvalue weighted by Crippen LogP contribution is -2.38. The monoisotopic (exact) mass is 406 g/mol. The van der Waals surface area contributed by atoms with E-state index in [1.807, 2.05) is 24.0 Å². The third-order valence-electron chi connectivity index (χ3n) is 4.25. The van der Waals surface area contributed by atoms with Gasteiger partial charge in [-0.3, -0.25) is 9.79 Å². The van der Waals surface area contributed by atoms with Gasteiger partial charge in [-0.25, -0.2) is 0 Å². The van der Waals surface area contributed by atoms with Crippen molar-refractivity contribution in [1.82, 2.24) is 15.5 Å². The summed E-state index contributed by atoms with van der Waals surface area (Å²) in [5, 5.41) is 5.97. The van der Waals surface area contributed by atoms with Crippen molar-refractivity contribution in [3.05, 3.63) is 70.8 Å². The standard InChI is InChI=1S/C21H25F3N4O/c1-4-26-19(29)17-7-5-6-16(12-17)13-27-20(25-2)28(3)14-15-8-10-18(11-9-15)21(22,23)24/h5-12H,4,13-14H2,1-3H3,(H,25,27)(H,26,29). The Morgan fingerprint density at radius 3 is 2.34 bits per heavy atom. The highest BCUT2D eigenvalue weighted by molar-refractivity contribution is 5.94. The van der Waals surface area contributed by atoms with Gasteiger partial charge in [0.1, 0.15) is 0 Å². The zero-order valence-electron chi connectivity index (χ0n) is 16.7. The van der Waals surface area contributed by atoms with Crippen LogP contribution >= 0.6 is 0 Å². The first-order chi connectivity index (χ1) is 13.7. The van der Waals surface area contributed by atoms with Crippen LogP contribution in [0.4, 0.5) is 13.2 Å². The third kappa shape index (κ3) is 6.51. The Morgan fingerprint density at radius 1 is 1.07 bits per heavy atom. The fourth-order valence-electron chi connectivity index (χ4n) is 2.80. The second kappa shape index (κ2) is 9.95. The van der Waals surface area contributed by atoms with Gasteiger partial charge in [0.2, 0.25) is 0 Å². The first-order valence-corrected chi connectivity index (χ1v) is 9.19. The Labute approximate surface area is 168 Å². The van der Waals surface area contributed by atoms with Crippen molar-refractivity contribution >= 4 is 11.9 Å². The van der Waals surface area contributed by atoms with Crippen LogP contribution in [0.3, 0.4) is 0 Å². The number of benzene rings is 2. The highest BCUT2D eigenvalue weighted by atomic mass is 19.4. The number of hydrogen-bond acceptors (Lipinski definition) is 2. The van der Waals surface area contributed by atoms with Crippen LogP contribution in [0.2, 0.25) is 0 Å². The van der Waals surface area contributed by atoms with Crippen LogP contribution in [0, 0.1) is 0 Å². The minimum absolute atomic E-state index is 0.127. The normalized spacial score (nSPS) is 11.9. The quantitative estimate of drug-likeness (QED) is 0.569. The van der Waals surface area contributed by atoms with E-state index < -0.39 is 11.7 Å². The van der Waals surface area contributed by atoms with Crippen LogP contribution in [0.1, 0.15) is 34.0 Å². The molecule has 2 rings (SSSR count). The van der Waals surface area contributed by atoms with Gasteiger partial charge in [-0.1, -0.05) is 24.3 Å². The minimum Gasteiger partial charge on any atom is -0.352 e. The predicted molar refractivity (Wildman–Crippen MR) is 108 cm³/mol. The Kier molecular flexibility index (Phi) is 7.64. The Hall–Kier alpha value is -3.03. The molecule has 29 heavy (non-hydrogen) atoms. The number of amides is 1. The molecular weight excluding hydrogens is 381 g/mol. The molecular formula is C21H25F3N4O. The van der Waals surface area contributed by atoms with E-state index in [-0.39, 0.29) is 5.91 Å². The van der Waals surface area contributed by atoms with Crippen LogP contribution in [0.15, 0.2) is 53.5 Å². The summed E-state index contributed by atoms with van der Waals surface area (Å²) in [6.07, 6.45) is -4.34. The molecule has 0 saturated heterocycles. The maximum atomic E-state index is 12.7. The molecule has 2 aromatic carbocycles. The molecule has 0 unspecified atom stereocenters. The molecule has 0 radical (unpaired) electrons. The van der Waals surface area contributed by atoms with Gasteiger partial charge in [-0.15, -0.1) is 0 Å². The second-order valence-electron chi connectivity index (χ2n) is 6.51. The summed E-state index contributed by atoms with van der Waals surface area (Å²) in [5.41, 5.74) is 1.57. The molecule has 0 saturated carbocycles. The first kappa shape index (κ1) is 22.3. The van der Waals surface area contributed by atoms with Crippen molar-refractivity contribution in [1.29, 1.82) is 0 Å². The highest BCUT2D eigenvalue weighted by Gasteiger charge is 2.29. The number of carbonyl (C=O) groups is 1. The molecule has 0 fully saturated rings. The summed E-state index contributed by atoms with van der Waals surface area (Å²) in [6, 6.07) is 12.3. The molecule has 156 valence electrons. The molecule has 0 heterocycles. The maximum absolute atomic E-state index is 12.7. The maximum Gasteiger partial charge on any atom is 0.416 e. The van der Waals surface area contributed by atoms with E-state index >= 15 is 0 Å². The van der Waals surface area contributed by atoms with E-state index in [0.717, 1.165) is 23.3 Å². The topological polar surface area (TPSA) is 56.7 Å². The van der Waals surface area contributed by atoms with Crippen molar-refractivity contribution < 1.29 is 18.0 Å². The fourth-order valence-corrected chi connectivity index (χ4v) is 2.80. The van der Waals surface area contributed by atoms with E-state index in [9.17, 15) is 18.0 Å². The number of nitrogens with one attached hydrogen (secondary N) is 2. The number of alkyl halides is 3. The molecule has 0 aliphatic heterocycles. The molecule has 1 amide bonds. The number of hydrogen-bond donors (Lipinski definition) is 2. The Bertz CT molecular complexity index is 848. The van der Waals surface area contributed by atoms with Crippen molar-refractivity contribution in [3.8, 4) is 0 Å². The van der Waals surface area contributed by atoms with Crippen molar-refractivity contribution in [3.63, 3.8) is 0 Å². The summed E-state index contributed by atoms with van der Waals surface area (Å²) in [5.74, 6) is 0.464. The number of aliphatic imine (C=N–C) groups is 1. The molecule has 0 aliphatic carbocycles. The molecule has 0 atom stereocenters. The average molecular weight is 406 g/mol. The van der Waals surface area contributed by atoms with Gasteiger partial charge in [0, 0.05) is 39.3 Å². The molecule has 0 spiro atoms. The smallest absolute Gasteiger partial charge is 0.352 e. The molecule has 0 aromatic heterocycles. The predicted octanol–water partition coefficient (Wildman–Crippen LogP) is 3.66. The average Bonchev–Trinajstić information content (AvgIpc) is 2.68. The summed E-state index contributed by atoms with van der Waals surface area (Å²) >= 11 is 0. The summed E-state index contributed by atoms with van der Waals surface area (Å²) < 4.78 is 38.0. The Balaban J connectivity index is 1.98. The van der Waals surface area contributed by atoms with Crippen molar-refractivity contribution in [2.24, 2.45) is 4.99 Å². The van der Waals surface area contributed by atoms with Crippen molar-refractivity contribution in [2.75, 3.05) is 20.6 Å². The second-order valence-corrected chi connectivity index (χ2v) is 6.51. The van der Waals surface area contributed by atoms with Gasteiger partial charge in [0.25, 0.3) is 5.91 Å². The highest BCUT2D eigenvalue weighted by Crippen LogP contribution is 2.29. The number of nitrogens with zero attached hydrogens (tertiary/aromatic N) is 2. The zero-order valence-corrected chi connectivity index (χ0v) is 16.7. The molecule has 5 nitrogen and oxygen atoms in total. The third-order valence-corrected chi connectivity index (χ3v) is 4.25. The molecule has 0 bridgehead atoms. The van der Waals surface area contributed by atoms with Crippen LogP contribution < -0.4 is 10.6 Å².